The van der Waals surface area contributed by atoms with E-state index in [2.05, 4.69) is 11.9 Å². The van der Waals surface area contributed by atoms with Crippen molar-refractivity contribution in [3.05, 3.63) is 39.9 Å². The maximum Gasteiger partial charge on any atom is 0.266 e. The summed E-state index contributed by atoms with van der Waals surface area (Å²) in [5, 5.41) is 1.54. The number of hydrogen-bond donors (Lipinski definition) is 1. The van der Waals surface area contributed by atoms with Crippen LogP contribution in [0.4, 0.5) is 0 Å². The fourth-order valence-electron chi connectivity index (χ4n) is 3.04. The van der Waals surface area contributed by atoms with Crippen LogP contribution in [0.1, 0.15) is 28.7 Å². The van der Waals surface area contributed by atoms with Crippen molar-refractivity contribution in [2.75, 3.05) is 13.1 Å². The zero-order chi connectivity index (χ0) is 16.6. The van der Waals surface area contributed by atoms with Gasteiger partial charge in [0.2, 0.25) is 0 Å². The van der Waals surface area contributed by atoms with E-state index < -0.39 is 0 Å². The highest BCUT2D eigenvalue weighted by Crippen LogP contribution is 2.32. The third kappa shape index (κ3) is 4.66. The normalized spacial score (nSPS) is 19.3. The minimum Gasteiger partial charge on any atom is -0.335 e. The third-order valence-electron chi connectivity index (χ3n) is 4.34. The highest BCUT2D eigenvalue weighted by atomic mass is 35.5. The molecule has 2 unspecified atom stereocenters. The molecule has 0 bridgehead atoms. The summed E-state index contributed by atoms with van der Waals surface area (Å²) >= 11 is 7.38. The van der Waals surface area contributed by atoms with Crippen molar-refractivity contribution in [1.82, 2.24) is 9.88 Å². The van der Waals surface area contributed by atoms with Crippen LogP contribution in [0.15, 0.2) is 24.3 Å². The highest BCUT2D eigenvalue weighted by Gasteiger charge is 2.33. The summed E-state index contributed by atoms with van der Waals surface area (Å²) in [6.45, 7) is 5.35. The maximum absolute atomic E-state index is 12.9. The summed E-state index contributed by atoms with van der Waals surface area (Å²) in [4.78, 5) is 20.1. The molecule has 1 aromatic carbocycles. The molecule has 3 rings (SSSR count). The molecule has 2 atom stereocenters. The van der Waals surface area contributed by atoms with Gasteiger partial charge in [-0.3, -0.25) is 4.79 Å². The Bertz CT molecular complexity index is 720. The molecule has 2 N–H and O–H groups in total. The lowest BCUT2D eigenvalue weighted by Gasteiger charge is -2.20. The first-order valence-electron chi connectivity index (χ1n) is 7.74. The number of aromatic nitrogens is 1. The Hall–Kier alpha value is -0.850. The summed E-state index contributed by atoms with van der Waals surface area (Å²) in [6.07, 6.45) is 0.976. The van der Waals surface area contributed by atoms with Gasteiger partial charge in [-0.25, -0.2) is 4.98 Å². The van der Waals surface area contributed by atoms with Crippen LogP contribution in [0, 0.1) is 12.8 Å². The summed E-state index contributed by atoms with van der Waals surface area (Å²) in [5.74, 6) is 0.474. The van der Waals surface area contributed by atoms with Crippen molar-refractivity contribution in [2.45, 2.75) is 26.3 Å². The quantitative estimate of drug-likeness (QED) is 0.796. The molecule has 1 fully saturated rings. The van der Waals surface area contributed by atoms with Gasteiger partial charge in [0.05, 0.1) is 5.69 Å². The SMILES string of the molecule is Cc1nc(-c2ccc(Cl)cc2)sc1C(=O)N1CC(CN)CC1C.Cl.Cl. The van der Waals surface area contributed by atoms with E-state index >= 15 is 0 Å². The molecule has 2 heterocycles. The zero-order valence-electron chi connectivity index (χ0n) is 14.1. The van der Waals surface area contributed by atoms with E-state index in [9.17, 15) is 4.79 Å². The van der Waals surface area contributed by atoms with Crippen molar-refractivity contribution >= 4 is 53.7 Å². The molecule has 1 aliphatic rings. The molecule has 1 amide bonds. The Kier molecular flexibility index (Phi) is 8.16. The van der Waals surface area contributed by atoms with E-state index in [0.717, 1.165) is 34.1 Å². The second kappa shape index (κ2) is 9.19. The number of halogens is 3. The average Bonchev–Trinajstić information content (AvgIpc) is 3.10. The molecular formula is C17H22Cl3N3OS. The summed E-state index contributed by atoms with van der Waals surface area (Å²) in [6, 6.07) is 7.76. The predicted molar refractivity (Wildman–Crippen MR) is 109 cm³/mol. The predicted octanol–water partition coefficient (Wildman–Crippen LogP) is 4.42. The van der Waals surface area contributed by atoms with Gasteiger partial charge in [-0.1, -0.05) is 23.7 Å². The third-order valence-corrected chi connectivity index (χ3v) is 5.78. The van der Waals surface area contributed by atoms with Gasteiger partial charge in [0, 0.05) is 23.2 Å². The molecule has 0 aliphatic carbocycles. The number of carbonyl (C=O) groups excluding carboxylic acids is 1. The zero-order valence-corrected chi connectivity index (χ0v) is 17.3. The molecule has 1 aromatic heterocycles. The fraction of sp³-hybridized carbons (Fsp3) is 0.412. The van der Waals surface area contributed by atoms with Gasteiger partial charge in [0.25, 0.3) is 5.91 Å². The second-order valence-corrected chi connectivity index (χ2v) is 7.52. The molecule has 8 heteroatoms. The number of thiazole rings is 1. The van der Waals surface area contributed by atoms with Gasteiger partial charge in [-0.2, -0.15) is 0 Å². The Morgan fingerprint density at radius 1 is 1.36 bits per heavy atom. The Morgan fingerprint density at radius 3 is 2.56 bits per heavy atom. The van der Waals surface area contributed by atoms with E-state index in [1.165, 1.54) is 11.3 Å². The average molecular weight is 423 g/mol. The van der Waals surface area contributed by atoms with Gasteiger partial charge in [-0.05, 0) is 44.9 Å². The van der Waals surface area contributed by atoms with Crippen LogP contribution in [0.2, 0.25) is 5.02 Å². The smallest absolute Gasteiger partial charge is 0.266 e. The highest BCUT2D eigenvalue weighted by molar-refractivity contribution is 7.17. The number of nitrogens with two attached hydrogens (primary N) is 1. The lowest BCUT2D eigenvalue weighted by Crippen LogP contribution is -2.34. The molecular weight excluding hydrogens is 401 g/mol. The standard InChI is InChI=1S/C17H20ClN3OS.2ClH/c1-10-7-12(8-19)9-21(10)17(22)15-11(2)20-16(23-15)13-3-5-14(18)6-4-13;;/h3-6,10,12H,7-9,19H2,1-2H3;2*1H. The van der Waals surface area contributed by atoms with Crippen molar-refractivity contribution in [1.29, 1.82) is 0 Å². The van der Waals surface area contributed by atoms with Crippen molar-refractivity contribution in [3.8, 4) is 10.6 Å². The van der Waals surface area contributed by atoms with E-state index in [1.807, 2.05) is 36.1 Å². The molecule has 1 saturated heterocycles. The summed E-state index contributed by atoms with van der Waals surface area (Å²) in [5.41, 5.74) is 7.53. The monoisotopic (exact) mass is 421 g/mol. The second-order valence-electron chi connectivity index (χ2n) is 6.08. The molecule has 138 valence electrons. The minimum absolute atomic E-state index is 0. The van der Waals surface area contributed by atoms with Crippen molar-refractivity contribution < 1.29 is 4.79 Å². The van der Waals surface area contributed by atoms with Gasteiger partial charge in [0.1, 0.15) is 9.88 Å². The van der Waals surface area contributed by atoms with Gasteiger partial charge >= 0.3 is 0 Å². The fourth-order valence-corrected chi connectivity index (χ4v) is 4.19. The van der Waals surface area contributed by atoms with E-state index in [4.69, 9.17) is 17.3 Å². The molecule has 0 saturated carbocycles. The number of benzene rings is 1. The summed E-state index contributed by atoms with van der Waals surface area (Å²) in [7, 11) is 0. The number of likely N-dealkylation sites (tertiary alicyclic amines) is 1. The number of amides is 1. The first kappa shape index (κ1) is 22.2. The molecule has 25 heavy (non-hydrogen) atoms. The van der Waals surface area contributed by atoms with E-state index in [0.29, 0.717) is 17.5 Å². The maximum atomic E-state index is 12.9. The Morgan fingerprint density at radius 2 is 2.00 bits per heavy atom. The Balaban J connectivity index is 0.00000156. The number of nitrogens with zero attached hydrogens (tertiary/aromatic N) is 2. The summed E-state index contributed by atoms with van der Waals surface area (Å²) < 4.78 is 0. The van der Waals surface area contributed by atoms with Crippen molar-refractivity contribution in [3.63, 3.8) is 0 Å². The van der Waals surface area contributed by atoms with Crippen molar-refractivity contribution in [2.24, 2.45) is 11.7 Å². The molecule has 1 aliphatic heterocycles. The molecule has 2 aromatic rings. The first-order valence-corrected chi connectivity index (χ1v) is 8.93. The van der Waals surface area contributed by atoms with Crippen LogP contribution in [0.5, 0.6) is 0 Å². The van der Waals surface area contributed by atoms with Gasteiger partial charge in [-0.15, -0.1) is 36.2 Å². The number of hydrogen-bond acceptors (Lipinski definition) is 4. The topological polar surface area (TPSA) is 59.2 Å². The van der Waals surface area contributed by atoms with Crippen LogP contribution < -0.4 is 5.73 Å². The van der Waals surface area contributed by atoms with Crippen LogP contribution >= 0.6 is 47.8 Å². The van der Waals surface area contributed by atoms with Crippen LogP contribution in [0.25, 0.3) is 10.6 Å². The van der Waals surface area contributed by atoms with E-state index in [1.54, 1.807) is 0 Å². The van der Waals surface area contributed by atoms with Gasteiger partial charge < -0.3 is 10.6 Å². The number of carbonyl (C=O) groups is 1. The Labute approximate surface area is 169 Å². The molecule has 0 radical (unpaired) electrons. The lowest BCUT2D eigenvalue weighted by molar-refractivity contribution is 0.0747. The largest absolute Gasteiger partial charge is 0.335 e. The molecule has 0 spiro atoms. The lowest BCUT2D eigenvalue weighted by atomic mass is 10.1. The van der Waals surface area contributed by atoms with Crippen LogP contribution in [-0.4, -0.2) is 34.9 Å². The van der Waals surface area contributed by atoms with Gasteiger partial charge in [0.15, 0.2) is 0 Å². The van der Waals surface area contributed by atoms with Crippen LogP contribution in [-0.2, 0) is 0 Å². The van der Waals surface area contributed by atoms with Crippen LogP contribution in [0.3, 0.4) is 0 Å². The first-order chi connectivity index (χ1) is 11.0. The minimum atomic E-state index is 0. The number of rotatable bonds is 3. The van der Waals surface area contributed by atoms with E-state index in [-0.39, 0.29) is 36.8 Å². The number of aryl methyl sites for hydroxylation is 1. The molecule has 4 nitrogen and oxygen atoms in total.